The van der Waals surface area contributed by atoms with Crippen molar-refractivity contribution in [2.75, 3.05) is 52.8 Å². The molecular weight excluding hydrogens is 342 g/mol. The minimum atomic E-state index is -1.73. The van der Waals surface area contributed by atoms with Crippen LogP contribution in [0.3, 0.4) is 0 Å². The Balaban J connectivity index is 3.58. The van der Waals surface area contributed by atoms with Crippen LogP contribution in [-0.4, -0.2) is 72.3 Å². The van der Waals surface area contributed by atoms with Gasteiger partial charge in [0.15, 0.2) is 8.32 Å². The van der Waals surface area contributed by atoms with Crippen molar-refractivity contribution in [2.45, 2.75) is 38.9 Å². The van der Waals surface area contributed by atoms with Crippen LogP contribution in [0.2, 0.25) is 18.1 Å². The number of ether oxygens (including phenoxy) is 3. The zero-order chi connectivity index (χ0) is 19.2. The van der Waals surface area contributed by atoms with Gasteiger partial charge in [0.2, 0.25) is 0 Å². The van der Waals surface area contributed by atoms with Crippen molar-refractivity contribution in [2.24, 2.45) is 0 Å². The maximum atomic E-state index is 11.4. The van der Waals surface area contributed by atoms with Crippen LogP contribution in [-0.2, 0) is 18.6 Å². The lowest BCUT2D eigenvalue weighted by Crippen LogP contribution is -2.40. The van der Waals surface area contributed by atoms with E-state index in [1.807, 2.05) is 6.08 Å². The predicted molar refractivity (Wildman–Crippen MR) is 100 cm³/mol. The van der Waals surface area contributed by atoms with Crippen LogP contribution in [0.15, 0.2) is 12.2 Å². The number of carbonyl (C=O) groups excluding carboxylic acids is 1. The van der Waals surface area contributed by atoms with Crippen LogP contribution in [0, 0.1) is 0 Å². The molecule has 8 heteroatoms. The van der Waals surface area contributed by atoms with Gasteiger partial charge in [-0.25, -0.2) is 4.79 Å². The van der Waals surface area contributed by atoms with E-state index in [0.717, 1.165) is 0 Å². The molecule has 0 rings (SSSR count). The van der Waals surface area contributed by atoms with Gasteiger partial charge in [-0.3, -0.25) is 0 Å². The van der Waals surface area contributed by atoms with Crippen molar-refractivity contribution in [3.63, 3.8) is 0 Å². The number of nitrogens with one attached hydrogen (secondary N) is 1. The van der Waals surface area contributed by atoms with Gasteiger partial charge in [-0.1, -0.05) is 26.8 Å². The van der Waals surface area contributed by atoms with Crippen LogP contribution >= 0.6 is 0 Å². The van der Waals surface area contributed by atoms with E-state index in [9.17, 15) is 4.79 Å². The monoisotopic (exact) mass is 377 g/mol. The summed E-state index contributed by atoms with van der Waals surface area (Å²) in [6.45, 7) is 13.7. The highest BCUT2D eigenvalue weighted by atomic mass is 28.4. The average molecular weight is 378 g/mol. The summed E-state index contributed by atoms with van der Waals surface area (Å²) in [6, 6.07) is 0. The number of hydrogen-bond acceptors (Lipinski definition) is 6. The number of carbonyl (C=O) groups is 1. The summed E-state index contributed by atoms with van der Waals surface area (Å²) >= 11 is 0. The lowest BCUT2D eigenvalue weighted by molar-refractivity contribution is 0.0338. The Morgan fingerprint density at radius 2 is 1.64 bits per heavy atom. The molecule has 1 amide bonds. The van der Waals surface area contributed by atoms with E-state index in [0.29, 0.717) is 39.6 Å². The highest BCUT2D eigenvalue weighted by Crippen LogP contribution is 2.36. The largest absolute Gasteiger partial charge is 0.445 e. The number of aliphatic hydroxyl groups excluding tert-OH is 1. The van der Waals surface area contributed by atoms with E-state index >= 15 is 0 Å². The van der Waals surface area contributed by atoms with Crippen LogP contribution < -0.4 is 5.32 Å². The molecule has 25 heavy (non-hydrogen) atoms. The third kappa shape index (κ3) is 13.0. The quantitative estimate of drug-likeness (QED) is 0.291. The molecule has 0 bridgehead atoms. The summed E-state index contributed by atoms with van der Waals surface area (Å²) in [5.41, 5.74) is 0. The van der Waals surface area contributed by atoms with Crippen molar-refractivity contribution in [1.29, 1.82) is 0 Å². The first kappa shape index (κ1) is 24.1. The van der Waals surface area contributed by atoms with Gasteiger partial charge < -0.3 is 29.1 Å². The topological polar surface area (TPSA) is 86.3 Å². The molecule has 0 atom stereocenters. The Hall–Kier alpha value is -0.933. The normalized spacial score (nSPS) is 12.6. The zero-order valence-corrected chi connectivity index (χ0v) is 17.3. The summed E-state index contributed by atoms with van der Waals surface area (Å²) in [5, 5.41) is 11.3. The molecule has 0 unspecified atom stereocenters. The fraction of sp³-hybridized carbons (Fsp3) is 0.824. The van der Waals surface area contributed by atoms with Gasteiger partial charge in [-0.2, -0.15) is 0 Å². The molecule has 0 aliphatic rings. The van der Waals surface area contributed by atoms with E-state index in [1.54, 1.807) is 6.08 Å². The molecule has 0 spiro atoms. The van der Waals surface area contributed by atoms with E-state index in [2.05, 4.69) is 39.2 Å². The summed E-state index contributed by atoms with van der Waals surface area (Å²) in [7, 11) is -1.73. The summed E-state index contributed by atoms with van der Waals surface area (Å²) in [6.07, 6.45) is 3.18. The minimum Gasteiger partial charge on any atom is -0.445 e. The van der Waals surface area contributed by atoms with Gasteiger partial charge in [0.25, 0.3) is 0 Å². The van der Waals surface area contributed by atoms with Crippen LogP contribution in [0.5, 0.6) is 0 Å². The maximum Gasteiger partial charge on any atom is 0.407 e. The number of hydrogen-bond donors (Lipinski definition) is 2. The minimum absolute atomic E-state index is 0.00422. The van der Waals surface area contributed by atoms with Gasteiger partial charge in [-0.15, -0.1) is 0 Å². The Labute approximate surface area is 152 Å². The van der Waals surface area contributed by atoms with Gasteiger partial charge >= 0.3 is 6.09 Å². The number of alkyl carbamates (subject to hydrolysis) is 1. The van der Waals surface area contributed by atoms with E-state index in [-0.39, 0.29) is 18.3 Å². The molecule has 0 aliphatic heterocycles. The second-order valence-corrected chi connectivity index (χ2v) is 11.8. The second-order valence-electron chi connectivity index (χ2n) is 7.02. The van der Waals surface area contributed by atoms with E-state index < -0.39 is 14.4 Å². The third-order valence-electron chi connectivity index (χ3n) is 3.95. The Kier molecular flexibility index (Phi) is 12.8. The fourth-order valence-corrected chi connectivity index (χ4v) is 2.34. The molecule has 0 aliphatic carbocycles. The van der Waals surface area contributed by atoms with Gasteiger partial charge in [0, 0.05) is 6.54 Å². The standard InChI is InChI=1S/C17H35NO6Si/c1-17(2,3)25(4,5)24-11-7-6-10-23-16(20)18-8-12-21-14-15-22-13-9-19/h6-7,19H,8-15H2,1-5H3,(H,18,20)/b7-6-. The smallest absolute Gasteiger partial charge is 0.407 e. The highest BCUT2D eigenvalue weighted by Gasteiger charge is 2.36. The molecule has 0 radical (unpaired) electrons. The predicted octanol–water partition coefficient (Wildman–Crippen LogP) is 2.32. The third-order valence-corrected chi connectivity index (χ3v) is 8.45. The molecule has 148 valence electrons. The SMILES string of the molecule is CC(C)(C)[Si](C)(C)OC/C=C\COC(=O)NCCOCCOCCO. The molecule has 0 heterocycles. The summed E-state index contributed by atoms with van der Waals surface area (Å²) < 4.78 is 21.3. The summed E-state index contributed by atoms with van der Waals surface area (Å²) in [5.74, 6) is 0. The Morgan fingerprint density at radius 1 is 1.04 bits per heavy atom. The van der Waals surface area contributed by atoms with Gasteiger partial charge in [0.05, 0.1) is 39.6 Å². The number of rotatable bonds is 13. The molecular formula is C17H35NO6Si. The van der Waals surface area contributed by atoms with Gasteiger partial charge in [0.1, 0.15) is 6.61 Å². The van der Waals surface area contributed by atoms with Crippen LogP contribution in [0.25, 0.3) is 0 Å². The van der Waals surface area contributed by atoms with Crippen molar-refractivity contribution >= 4 is 14.4 Å². The van der Waals surface area contributed by atoms with E-state index in [1.165, 1.54) is 0 Å². The van der Waals surface area contributed by atoms with E-state index in [4.69, 9.17) is 23.7 Å². The molecule has 0 aromatic rings. The van der Waals surface area contributed by atoms with Crippen molar-refractivity contribution in [1.82, 2.24) is 5.32 Å². The highest BCUT2D eigenvalue weighted by molar-refractivity contribution is 6.74. The lowest BCUT2D eigenvalue weighted by Gasteiger charge is -2.35. The first-order chi connectivity index (χ1) is 11.7. The molecule has 0 saturated heterocycles. The molecule has 2 N–H and O–H groups in total. The van der Waals surface area contributed by atoms with Crippen LogP contribution in [0.4, 0.5) is 4.79 Å². The molecule has 0 saturated carbocycles. The first-order valence-corrected chi connectivity index (χ1v) is 11.6. The number of amides is 1. The molecule has 0 aromatic heterocycles. The van der Waals surface area contributed by atoms with Crippen LogP contribution in [0.1, 0.15) is 20.8 Å². The maximum absolute atomic E-state index is 11.4. The van der Waals surface area contributed by atoms with Crippen molar-refractivity contribution in [3.8, 4) is 0 Å². The molecule has 7 nitrogen and oxygen atoms in total. The zero-order valence-electron chi connectivity index (χ0n) is 16.3. The lowest BCUT2D eigenvalue weighted by atomic mass is 10.2. The fourth-order valence-electron chi connectivity index (χ4n) is 1.40. The van der Waals surface area contributed by atoms with Gasteiger partial charge in [-0.05, 0) is 24.2 Å². The number of aliphatic hydroxyl groups is 1. The second kappa shape index (κ2) is 13.3. The van der Waals surface area contributed by atoms with Crippen molar-refractivity contribution < 1.29 is 28.5 Å². The molecule has 0 aromatic carbocycles. The average Bonchev–Trinajstić information content (AvgIpc) is 2.52. The first-order valence-electron chi connectivity index (χ1n) is 8.66. The Morgan fingerprint density at radius 3 is 2.24 bits per heavy atom. The Bertz CT molecular complexity index is 382. The molecule has 0 fully saturated rings. The summed E-state index contributed by atoms with van der Waals surface area (Å²) in [4.78, 5) is 11.4. The van der Waals surface area contributed by atoms with Crippen molar-refractivity contribution in [3.05, 3.63) is 12.2 Å².